The van der Waals surface area contributed by atoms with Crippen molar-refractivity contribution in [2.45, 2.75) is 33.6 Å². The number of rotatable bonds is 9. The minimum atomic E-state index is 0.547. The van der Waals surface area contributed by atoms with Crippen molar-refractivity contribution in [1.29, 1.82) is 0 Å². The van der Waals surface area contributed by atoms with Gasteiger partial charge in [0.2, 0.25) is 0 Å². The van der Waals surface area contributed by atoms with Crippen molar-refractivity contribution in [3.05, 3.63) is 11.9 Å². The lowest BCUT2D eigenvalue weighted by molar-refractivity contribution is 0.204. The SMILES string of the molecule is CCCc1nc(NN)cc(N(CCOC)CC(C)C)n1. The second-order valence-electron chi connectivity index (χ2n) is 5.25. The molecule has 1 aromatic heterocycles. The fourth-order valence-electron chi connectivity index (χ4n) is 2.00. The van der Waals surface area contributed by atoms with Crippen molar-refractivity contribution >= 4 is 11.6 Å². The molecule has 1 rings (SSSR count). The van der Waals surface area contributed by atoms with E-state index < -0.39 is 0 Å². The molecule has 0 aliphatic carbocycles. The topological polar surface area (TPSA) is 76.3 Å². The summed E-state index contributed by atoms with van der Waals surface area (Å²) in [7, 11) is 1.71. The zero-order valence-corrected chi connectivity index (χ0v) is 13.0. The van der Waals surface area contributed by atoms with Crippen LogP contribution < -0.4 is 16.2 Å². The van der Waals surface area contributed by atoms with Gasteiger partial charge in [0.15, 0.2) is 0 Å². The van der Waals surface area contributed by atoms with Gasteiger partial charge in [0.05, 0.1) is 6.61 Å². The third-order valence-corrected chi connectivity index (χ3v) is 2.86. The molecule has 114 valence electrons. The number of ether oxygens (including phenoxy) is 1. The summed E-state index contributed by atoms with van der Waals surface area (Å²) in [6, 6.07) is 1.89. The molecule has 20 heavy (non-hydrogen) atoms. The maximum Gasteiger partial charge on any atom is 0.145 e. The van der Waals surface area contributed by atoms with E-state index in [1.165, 1.54) is 0 Å². The van der Waals surface area contributed by atoms with E-state index in [0.29, 0.717) is 18.3 Å². The van der Waals surface area contributed by atoms with Crippen LogP contribution in [0.2, 0.25) is 0 Å². The maximum atomic E-state index is 5.50. The fourth-order valence-corrected chi connectivity index (χ4v) is 2.00. The monoisotopic (exact) mass is 281 g/mol. The first-order chi connectivity index (χ1) is 9.60. The molecule has 3 N–H and O–H groups in total. The molecule has 6 heteroatoms. The largest absolute Gasteiger partial charge is 0.383 e. The quantitative estimate of drug-likeness (QED) is 0.531. The number of hydrazine groups is 1. The zero-order chi connectivity index (χ0) is 15.0. The molecule has 0 unspecified atom stereocenters. The summed E-state index contributed by atoms with van der Waals surface area (Å²) < 4.78 is 5.18. The third kappa shape index (κ3) is 5.30. The Morgan fingerprint density at radius 2 is 2.15 bits per heavy atom. The van der Waals surface area contributed by atoms with Gasteiger partial charge in [0.1, 0.15) is 17.5 Å². The second-order valence-corrected chi connectivity index (χ2v) is 5.25. The Hall–Kier alpha value is -1.40. The Balaban J connectivity index is 2.99. The molecule has 0 atom stereocenters. The highest BCUT2D eigenvalue weighted by atomic mass is 16.5. The van der Waals surface area contributed by atoms with Gasteiger partial charge >= 0.3 is 0 Å². The molecule has 1 heterocycles. The summed E-state index contributed by atoms with van der Waals surface area (Å²) in [5.74, 6) is 8.43. The first-order valence-electron chi connectivity index (χ1n) is 7.19. The molecular weight excluding hydrogens is 254 g/mol. The lowest BCUT2D eigenvalue weighted by Gasteiger charge is -2.26. The van der Waals surface area contributed by atoms with E-state index in [9.17, 15) is 0 Å². The number of nitrogens with zero attached hydrogens (tertiary/aromatic N) is 3. The lowest BCUT2D eigenvalue weighted by Crippen LogP contribution is -2.32. The van der Waals surface area contributed by atoms with Crippen LogP contribution in [0.3, 0.4) is 0 Å². The van der Waals surface area contributed by atoms with Gasteiger partial charge in [-0.05, 0) is 12.3 Å². The molecule has 0 radical (unpaired) electrons. The van der Waals surface area contributed by atoms with Crippen LogP contribution in [0.1, 0.15) is 33.0 Å². The van der Waals surface area contributed by atoms with Crippen molar-refractivity contribution < 1.29 is 4.74 Å². The van der Waals surface area contributed by atoms with Crippen molar-refractivity contribution in [1.82, 2.24) is 9.97 Å². The number of methoxy groups -OCH3 is 1. The number of nitrogens with one attached hydrogen (secondary N) is 1. The van der Waals surface area contributed by atoms with Crippen LogP contribution in [0.5, 0.6) is 0 Å². The minimum absolute atomic E-state index is 0.547. The summed E-state index contributed by atoms with van der Waals surface area (Å²) in [5.41, 5.74) is 2.62. The number of aryl methyl sites for hydroxylation is 1. The normalized spacial score (nSPS) is 10.9. The van der Waals surface area contributed by atoms with Crippen LogP contribution in [0.25, 0.3) is 0 Å². The number of aromatic nitrogens is 2. The van der Waals surface area contributed by atoms with E-state index >= 15 is 0 Å². The molecule has 6 nitrogen and oxygen atoms in total. The van der Waals surface area contributed by atoms with Crippen LogP contribution in [0.15, 0.2) is 6.07 Å². The summed E-state index contributed by atoms with van der Waals surface area (Å²) >= 11 is 0. The Labute approximate surface area is 121 Å². The molecule has 0 saturated heterocycles. The van der Waals surface area contributed by atoms with Crippen molar-refractivity contribution in [3.63, 3.8) is 0 Å². The number of anilines is 2. The van der Waals surface area contributed by atoms with Crippen LogP contribution in [0.4, 0.5) is 11.6 Å². The van der Waals surface area contributed by atoms with E-state index in [4.69, 9.17) is 10.6 Å². The van der Waals surface area contributed by atoms with Crippen LogP contribution >= 0.6 is 0 Å². The minimum Gasteiger partial charge on any atom is -0.383 e. The molecule has 0 aliphatic rings. The van der Waals surface area contributed by atoms with Gasteiger partial charge in [0.25, 0.3) is 0 Å². The first kappa shape index (κ1) is 16.7. The Morgan fingerprint density at radius 1 is 1.40 bits per heavy atom. The number of hydrogen-bond donors (Lipinski definition) is 2. The van der Waals surface area contributed by atoms with Gasteiger partial charge in [-0.1, -0.05) is 20.8 Å². The molecule has 0 amide bonds. The van der Waals surface area contributed by atoms with Gasteiger partial charge in [-0.2, -0.15) is 0 Å². The molecule has 1 aromatic rings. The Bertz CT molecular complexity index is 397. The predicted octanol–water partition coefficient (Wildman–Crippen LogP) is 1.82. The van der Waals surface area contributed by atoms with Gasteiger partial charge in [0, 0.05) is 32.7 Å². The predicted molar refractivity (Wildman–Crippen MR) is 82.8 cm³/mol. The van der Waals surface area contributed by atoms with Gasteiger partial charge < -0.3 is 15.1 Å². The standard InChI is InChI=1S/C14H27N5O/c1-5-6-12-16-13(18-15)9-14(17-12)19(7-8-20-4)10-11(2)3/h9,11H,5-8,10,15H2,1-4H3,(H,16,17,18). The van der Waals surface area contributed by atoms with E-state index in [2.05, 4.69) is 41.1 Å². The number of hydrogen-bond acceptors (Lipinski definition) is 6. The third-order valence-electron chi connectivity index (χ3n) is 2.86. The summed E-state index contributed by atoms with van der Waals surface area (Å²) in [4.78, 5) is 11.2. The molecular formula is C14H27N5O. The van der Waals surface area contributed by atoms with E-state index in [0.717, 1.165) is 37.6 Å². The molecule has 0 aromatic carbocycles. The van der Waals surface area contributed by atoms with Crippen LogP contribution in [-0.2, 0) is 11.2 Å². The highest BCUT2D eigenvalue weighted by Gasteiger charge is 2.12. The fraction of sp³-hybridized carbons (Fsp3) is 0.714. The zero-order valence-electron chi connectivity index (χ0n) is 13.0. The van der Waals surface area contributed by atoms with Gasteiger partial charge in [-0.3, -0.25) is 0 Å². The molecule has 0 bridgehead atoms. The van der Waals surface area contributed by atoms with Crippen LogP contribution in [-0.4, -0.2) is 36.8 Å². The maximum absolute atomic E-state index is 5.50. The van der Waals surface area contributed by atoms with Crippen molar-refractivity contribution in [3.8, 4) is 0 Å². The van der Waals surface area contributed by atoms with Gasteiger partial charge in [-0.15, -0.1) is 0 Å². The van der Waals surface area contributed by atoms with Gasteiger partial charge in [-0.25, -0.2) is 15.8 Å². The van der Waals surface area contributed by atoms with E-state index in [1.807, 2.05) is 6.07 Å². The summed E-state index contributed by atoms with van der Waals surface area (Å²) in [6.45, 7) is 8.90. The van der Waals surface area contributed by atoms with Crippen LogP contribution in [0, 0.1) is 5.92 Å². The average Bonchev–Trinajstić information content (AvgIpc) is 2.43. The highest BCUT2D eigenvalue weighted by Crippen LogP contribution is 2.17. The van der Waals surface area contributed by atoms with Crippen molar-refractivity contribution in [2.24, 2.45) is 11.8 Å². The summed E-state index contributed by atoms with van der Waals surface area (Å²) in [5, 5.41) is 0. The summed E-state index contributed by atoms with van der Waals surface area (Å²) in [6.07, 6.45) is 1.86. The molecule has 0 spiro atoms. The number of nitrogen functional groups attached to an aromatic ring is 1. The molecule has 0 aliphatic heterocycles. The van der Waals surface area contributed by atoms with E-state index in [-0.39, 0.29) is 0 Å². The average molecular weight is 281 g/mol. The number of nitrogens with two attached hydrogens (primary N) is 1. The Kier molecular flexibility index (Phi) is 7.25. The first-order valence-corrected chi connectivity index (χ1v) is 7.19. The second kappa shape index (κ2) is 8.71. The molecule has 0 fully saturated rings. The molecule has 0 saturated carbocycles. The van der Waals surface area contributed by atoms with E-state index in [1.54, 1.807) is 7.11 Å². The van der Waals surface area contributed by atoms with Crippen molar-refractivity contribution in [2.75, 3.05) is 37.1 Å². The Morgan fingerprint density at radius 3 is 2.70 bits per heavy atom. The lowest BCUT2D eigenvalue weighted by atomic mass is 10.2. The highest BCUT2D eigenvalue weighted by molar-refractivity contribution is 5.49. The smallest absolute Gasteiger partial charge is 0.145 e.